The van der Waals surface area contributed by atoms with Crippen molar-refractivity contribution in [1.29, 1.82) is 0 Å². The highest BCUT2D eigenvalue weighted by Crippen LogP contribution is 2.19. The van der Waals surface area contributed by atoms with Crippen LogP contribution in [0.15, 0.2) is 35.1 Å². The van der Waals surface area contributed by atoms with Crippen LogP contribution in [0.3, 0.4) is 0 Å². The lowest BCUT2D eigenvalue weighted by atomic mass is 10.1. The molecule has 8 heteroatoms. The van der Waals surface area contributed by atoms with Crippen molar-refractivity contribution in [3.8, 4) is 5.75 Å². The van der Waals surface area contributed by atoms with Crippen LogP contribution in [0.4, 0.5) is 0 Å². The molecule has 3 rings (SSSR count). The van der Waals surface area contributed by atoms with E-state index in [1.54, 1.807) is 31.2 Å². The van der Waals surface area contributed by atoms with E-state index >= 15 is 0 Å². The summed E-state index contributed by atoms with van der Waals surface area (Å²) in [4.78, 5) is 27.4. The number of primary amides is 1. The summed E-state index contributed by atoms with van der Waals surface area (Å²) < 4.78 is 16.4. The molecule has 8 nitrogen and oxygen atoms in total. The Labute approximate surface area is 144 Å². The minimum Gasteiger partial charge on any atom is -0.486 e. The highest BCUT2D eigenvalue weighted by atomic mass is 16.5. The van der Waals surface area contributed by atoms with Crippen molar-refractivity contribution >= 4 is 11.8 Å². The molecule has 0 bridgehead atoms. The van der Waals surface area contributed by atoms with Gasteiger partial charge in [-0.05, 0) is 37.6 Å². The third-order valence-electron chi connectivity index (χ3n) is 4.01. The number of hydrogen-bond donors (Lipinski definition) is 2. The molecule has 132 valence electrons. The van der Waals surface area contributed by atoms with Gasteiger partial charge in [0.25, 0.3) is 5.91 Å². The molecule has 2 aromatic rings. The number of nitrogens with two attached hydrogens (primary N) is 1. The van der Waals surface area contributed by atoms with E-state index in [0.717, 1.165) is 0 Å². The van der Waals surface area contributed by atoms with Crippen LogP contribution in [0.2, 0.25) is 0 Å². The normalized spacial score (nSPS) is 20.0. The van der Waals surface area contributed by atoms with E-state index in [1.807, 2.05) is 0 Å². The predicted octanol–water partition coefficient (Wildman–Crippen LogP) is 1.05. The van der Waals surface area contributed by atoms with Crippen molar-refractivity contribution in [3.05, 3.63) is 47.7 Å². The summed E-state index contributed by atoms with van der Waals surface area (Å²) in [6.07, 6.45) is 1.50. The number of ether oxygens (including phenoxy) is 2. The number of amides is 2. The molecule has 3 N–H and O–H groups in total. The first-order valence-corrected chi connectivity index (χ1v) is 7.90. The van der Waals surface area contributed by atoms with Crippen molar-refractivity contribution in [2.24, 2.45) is 5.73 Å². The zero-order chi connectivity index (χ0) is 17.8. The van der Waals surface area contributed by atoms with Gasteiger partial charge in [-0.3, -0.25) is 9.59 Å². The van der Waals surface area contributed by atoms with Gasteiger partial charge in [0.2, 0.25) is 5.91 Å². The van der Waals surface area contributed by atoms with Gasteiger partial charge in [-0.25, -0.2) is 4.98 Å². The van der Waals surface area contributed by atoms with E-state index in [2.05, 4.69) is 10.3 Å². The van der Waals surface area contributed by atoms with Gasteiger partial charge < -0.3 is 24.9 Å². The van der Waals surface area contributed by atoms with E-state index in [9.17, 15) is 9.59 Å². The van der Waals surface area contributed by atoms with Gasteiger partial charge in [-0.15, -0.1) is 0 Å². The minimum atomic E-state index is -0.499. The molecule has 1 fully saturated rings. The van der Waals surface area contributed by atoms with Crippen LogP contribution < -0.4 is 15.8 Å². The van der Waals surface area contributed by atoms with E-state index in [-0.39, 0.29) is 23.7 Å². The van der Waals surface area contributed by atoms with Crippen molar-refractivity contribution in [1.82, 2.24) is 10.3 Å². The Bertz CT molecular complexity index is 756. The lowest BCUT2D eigenvalue weighted by Crippen LogP contribution is -2.51. The number of carbonyl (C=O) groups excluding carboxylic acids is 2. The molecule has 0 spiro atoms. The second-order valence-electron chi connectivity index (χ2n) is 5.75. The number of oxazole rings is 1. The van der Waals surface area contributed by atoms with Gasteiger partial charge in [0.1, 0.15) is 17.6 Å². The molecular formula is C17H19N3O5. The number of aryl methyl sites for hydroxylation is 1. The Hall–Kier alpha value is -2.87. The van der Waals surface area contributed by atoms with E-state index in [4.69, 9.17) is 19.6 Å². The van der Waals surface area contributed by atoms with Crippen LogP contribution >= 0.6 is 0 Å². The second-order valence-corrected chi connectivity index (χ2v) is 5.75. The van der Waals surface area contributed by atoms with E-state index < -0.39 is 5.91 Å². The second kappa shape index (κ2) is 7.35. The molecule has 25 heavy (non-hydrogen) atoms. The summed E-state index contributed by atoms with van der Waals surface area (Å²) in [6, 6.07) is 6.28. The molecule has 1 aromatic heterocycles. The average Bonchev–Trinajstić information content (AvgIpc) is 3.03. The lowest BCUT2D eigenvalue weighted by molar-refractivity contribution is -0.0135. The molecule has 2 amide bonds. The predicted molar refractivity (Wildman–Crippen MR) is 87.3 cm³/mol. The number of aromatic nitrogens is 1. The lowest BCUT2D eigenvalue weighted by Gasteiger charge is -2.32. The number of nitrogens with one attached hydrogen (secondary N) is 1. The molecule has 0 unspecified atom stereocenters. The number of hydrogen-bond acceptors (Lipinski definition) is 6. The fraction of sp³-hybridized carbons (Fsp3) is 0.353. The third kappa shape index (κ3) is 3.97. The zero-order valence-electron chi connectivity index (χ0n) is 13.7. The van der Waals surface area contributed by atoms with Crippen molar-refractivity contribution < 1.29 is 23.5 Å². The summed E-state index contributed by atoms with van der Waals surface area (Å²) in [5, 5.41) is 2.92. The Morgan fingerprint density at radius 1 is 1.32 bits per heavy atom. The SMILES string of the molecule is Cc1ocnc1C(=O)N[C@@H]1CCOC[C@H]1Oc1ccc(C(N)=O)cc1. The Kier molecular flexibility index (Phi) is 4.99. The quantitative estimate of drug-likeness (QED) is 0.836. The van der Waals surface area contributed by atoms with Crippen LogP contribution in [0.5, 0.6) is 5.75 Å². The van der Waals surface area contributed by atoms with Gasteiger partial charge in [0, 0.05) is 12.2 Å². The fourth-order valence-electron chi connectivity index (χ4n) is 2.63. The standard InChI is InChI=1S/C17H19N3O5/c1-10-15(19-9-24-10)17(22)20-13-6-7-23-8-14(13)25-12-4-2-11(3-5-12)16(18)21/h2-5,9,13-14H,6-8H2,1H3,(H2,18,21)(H,20,22)/t13-,14-/m1/s1. The number of benzene rings is 1. The molecule has 0 saturated carbocycles. The van der Waals surface area contributed by atoms with Crippen molar-refractivity contribution in [3.63, 3.8) is 0 Å². The Morgan fingerprint density at radius 2 is 2.08 bits per heavy atom. The van der Waals surface area contributed by atoms with Crippen LogP contribution in [-0.2, 0) is 4.74 Å². The maximum atomic E-state index is 12.3. The summed E-state index contributed by atoms with van der Waals surface area (Å²) in [5.41, 5.74) is 5.88. The number of carbonyl (C=O) groups is 2. The maximum absolute atomic E-state index is 12.3. The van der Waals surface area contributed by atoms with Gasteiger partial charge in [-0.2, -0.15) is 0 Å². The average molecular weight is 345 g/mol. The van der Waals surface area contributed by atoms with Crippen LogP contribution in [0.25, 0.3) is 0 Å². The molecule has 0 radical (unpaired) electrons. The summed E-state index contributed by atoms with van der Waals surface area (Å²) in [7, 11) is 0. The molecule has 1 aliphatic heterocycles. The zero-order valence-corrected chi connectivity index (χ0v) is 13.7. The first-order chi connectivity index (χ1) is 12.0. The molecule has 2 atom stereocenters. The topological polar surface area (TPSA) is 117 Å². The molecule has 1 saturated heterocycles. The first-order valence-electron chi connectivity index (χ1n) is 7.90. The maximum Gasteiger partial charge on any atom is 0.273 e. The highest BCUT2D eigenvalue weighted by Gasteiger charge is 2.30. The van der Waals surface area contributed by atoms with Crippen LogP contribution in [-0.4, -0.2) is 42.2 Å². The van der Waals surface area contributed by atoms with Gasteiger partial charge in [0.15, 0.2) is 12.1 Å². The molecule has 0 aliphatic carbocycles. The largest absolute Gasteiger partial charge is 0.486 e. The minimum absolute atomic E-state index is 0.229. The van der Waals surface area contributed by atoms with E-state index in [0.29, 0.717) is 36.7 Å². The Balaban J connectivity index is 1.67. The highest BCUT2D eigenvalue weighted by molar-refractivity contribution is 5.93. The van der Waals surface area contributed by atoms with Gasteiger partial charge in [0.05, 0.1) is 12.6 Å². The number of nitrogens with zero attached hydrogens (tertiary/aromatic N) is 1. The molecule has 2 heterocycles. The Morgan fingerprint density at radius 3 is 2.72 bits per heavy atom. The first kappa shape index (κ1) is 17.0. The monoisotopic (exact) mass is 345 g/mol. The molecule has 1 aliphatic rings. The smallest absolute Gasteiger partial charge is 0.273 e. The fourth-order valence-corrected chi connectivity index (χ4v) is 2.63. The molecular weight excluding hydrogens is 326 g/mol. The van der Waals surface area contributed by atoms with Gasteiger partial charge in [-0.1, -0.05) is 0 Å². The third-order valence-corrected chi connectivity index (χ3v) is 4.01. The van der Waals surface area contributed by atoms with Gasteiger partial charge >= 0.3 is 0 Å². The van der Waals surface area contributed by atoms with E-state index in [1.165, 1.54) is 6.39 Å². The van der Waals surface area contributed by atoms with Crippen LogP contribution in [0.1, 0.15) is 33.0 Å². The number of rotatable bonds is 5. The summed E-state index contributed by atoms with van der Waals surface area (Å²) >= 11 is 0. The van der Waals surface area contributed by atoms with Crippen LogP contribution in [0, 0.1) is 6.92 Å². The summed E-state index contributed by atoms with van der Waals surface area (Å²) in [5.74, 6) is 0.220. The van der Waals surface area contributed by atoms with Crippen molar-refractivity contribution in [2.45, 2.75) is 25.5 Å². The van der Waals surface area contributed by atoms with Crippen molar-refractivity contribution in [2.75, 3.05) is 13.2 Å². The summed E-state index contributed by atoms with van der Waals surface area (Å²) in [6.45, 7) is 2.56. The molecule has 1 aromatic carbocycles.